The molecular weight excluding hydrogens is 288 g/mol. The molecule has 7 heteroatoms. The molecule has 2 heterocycles. The Morgan fingerprint density at radius 2 is 2.10 bits per heavy atom. The van der Waals surface area contributed by atoms with Crippen molar-refractivity contribution in [3.05, 3.63) is 24.0 Å². The predicted molar refractivity (Wildman–Crippen MR) is 84.4 cm³/mol. The van der Waals surface area contributed by atoms with Crippen LogP contribution < -0.4 is 10.0 Å². The van der Waals surface area contributed by atoms with Gasteiger partial charge < -0.3 is 5.32 Å². The van der Waals surface area contributed by atoms with Gasteiger partial charge in [0.2, 0.25) is 0 Å². The smallest absolute Gasteiger partial charge is 0.301 e. The van der Waals surface area contributed by atoms with Gasteiger partial charge in [-0.1, -0.05) is 6.92 Å². The third-order valence-corrected chi connectivity index (χ3v) is 5.37. The van der Waals surface area contributed by atoms with Crippen LogP contribution in [0.25, 0.3) is 0 Å². The number of piperidine rings is 1. The van der Waals surface area contributed by atoms with Crippen LogP contribution in [0.5, 0.6) is 0 Å². The molecule has 0 radical (unpaired) electrons. The van der Waals surface area contributed by atoms with Crippen LogP contribution in [0.1, 0.15) is 25.5 Å². The summed E-state index contributed by atoms with van der Waals surface area (Å²) in [4.78, 5) is 4.10. The molecule has 1 aliphatic rings. The van der Waals surface area contributed by atoms with E-state index >= 15 is 0 Å². The van der Waals surface area contributed by atoms with Crippen molar-refractivity contribution in [3.63, 3.8) is 0 Å². The number of hydrogen-bond donors (Lipinski definition) is 2. The summed E-state index contributed by atoms with van der Waals surface area (Å²) < 4.78 is 29.0. The Hall–Kier alpha value is -1.18. The molecule has 1 saturated heterocycles. The van der Waals surface area contributed by atoms with Crippen molar-refractivity contribution in [2.24, 2.45) is 5.92 Å². The van der Waals surface area contributed by atoms with Crippen LogP contribution in [0, 0.1) is 12.8 Å². The number of rotatable bonds is 6. The second-order valence-electron chi connectivity index (χ2n) is 5.39. The third kappa shape index (κ3) is 4.39. The molecule has 0 spiro atoms. The van der Waals surface area contributed by atoms with Crippen molar-refractivity contribution in [3.8, 4) is 0 Å². The zero-order valence-corrected chi connectivity index (χ0v) is 13.5. The van der Waals surface area contributed by atoms with Crippen LogP contribution in [-0.4, -0.2) is 43.9 Å². The van der Waals surface area contributed by atoms with Gasteiger partial charge in [0.15, 0.2) is 0 Å². The normalized spacial score (nSPS) is 17.8. The average molecular weight is 312 g/mol. The minimum absolute atomic E-state index is 0.548. The molecule has 0 aromatic carbocycles. The van der Waals surface area contributed by atoms with Crippen LogP contribution in [-0.2, 0) is 10.2 Å². The number of nitrogens with zero attached hydrogens (tertiary/aromatic N) is 2. The Kier molecular flexibility index (Phi) is 5.55. The van der Waals surface area contributed by atoms with Gasteiger partial charge in [-0.05, 0) is 50.9 Å². The number of aromatic nitrogens is 1. The molecule has 6 nitrogen and oxygen atoms in total. The van der Waals surface area contributed by atoms with Crippen molar-refractivity contribution in [2.45, 2.75) is 26.7 Å². The monoisotopic (exact) mass is 312 g/mol. The standard InChI is InChI=1S/C14H24N4O2S/c1-3-15-11-13-6-9-18(10-7-13)21(19,20)17-14-5-4-8-16-12(14)2/h4-5,8,13,15,17H,3,6-7,9-11H2,1-2H3. The lowest BCUT2D eigenvalue weighted by Crippen LogP contribution is -2.43. The Labute approximate surface area is 127 Å². The van der Waals surface area contributed by atoms with Gasteiger partial charge in [0.1, 0.15) is 0 Å². The highest BCUT2D eigenvalue weighted by molar-refractivity contribution is 7.90. The molecule has 118 valence electrons. The second-order valence-corrected chi connectivity index (χ2v) is 7.06. The molecule has 0 aliphatic carbocycles. The topological polar surface area (TPSA) is 74.3 Å². The van der Waals surface area contributed by atoms with Gasteiger partial charge in [-0.2, -0.15) is 12.7 Å². The maximum atomic E-state index is 12.4. The van der Waals surface area contributed by atoms with E-state index in [9.17, 15) is 8.42 Å². The highest BCUT2D eigenvalue weighted by Crippen LogP contribution is 2.21. The Morgan fingerprint density at radius 1 is 1.38 bits per heavy atom. The quantitative estimate of drug-likeness (QED) is 0.832. The van der Waals surface area contributed by atoms with Crippen molar-refractivity contribution in [1.29, 1.82) is 0 Å². The molecule has 1 aromatic rings. The Morgan fingerprint density at radius 3 is 2.71 bits per heavy atom. The zero-order chi connectivity index (χ0) is 15.3. The summed E-state index contributed by atoms with van der Waals surface area (Å²) in [5.74, 6) is 0.566. The lowest BCUT2D eigenvalue weighted by molar-refractivity contribution is 0.269. The van der Waals surface area contributed by atoms with Crippen LogP contribution in [0.2, 0.25) is 0 Å². The third-order valence-electron chi connectivity index (χ3n) is 3.84. The van der Waals surface area contributed by atoms with Crippen molar-refractivity contribution in [2.75, 3.05) is 30.9 Å². The van der Waals surface area contributed by atoms with Crippen molar-refractivity contribution in [1.82, 2.24) is 14.6 Å². The Balaban J connectivity index is 1.94. The molecule has 0 saturated carbocycles. The maximum Gasteiger partial charge on any atom is 0.301 e. The minimum Gasteiger partial charge on any atom is -0.317 e. The Bertz CT molecular complexity index is 554. The van der Waals surface area contributed by atoms with Crippen LogP contribution in [0.4, 0.5) is 5.69 Å². The molecule has 0 amide bonds. The summed E-state index contributed by atoms with van der Waals surface area (Å²) in [6.45, 7) is 6.95. The first-order valence-corrected chi connectivity index (χ1v) is 8.87. The van der Waals surface area contributed by atoms with Gasteiger partial charge in [0.25, 0.3) is 0 Å². The molecule has 21 heavy (non-hydrogen) atoms. The molecule has 2 rings (SSSR count). The van der Waals surface area contributed by atoms with E-state index in [1.165, 1.54) is 4.31 Å². The molecule has 1 aliphatic heterocycles. The van der Waals surface area contributed by atoms with Crippen molar-refractivity contribution < 1.29 is 8.42 Å². The van der Waals surface area contributed by atoms with Gasteiger partial charge >= 0.3 is 10.2 Å². The van der Waals surface area contributed by atoms with Gasteiger partial charge in [-0.15, -0.1) is 0 Å². The van der Waals surface area contributed by atoms with Gasteiger partial charge in [0, 0.05) is 19.3 Å². The fourth-order valence-corrected chi connectivity index (χ4v) is 3.81. The summed E-state index contributed by atoms with van der Waals surface area (Å²) >= 11 is 0. The number of hydrogen-bond acceptors (Lipinski definition) is 4. The number of nitrogens with one attached hydrogen (secondary N) is 2. The molecule has 0 bridgehead atoms. The fourth-order valence-electron chi connectivity index (χ4n) is 2.50. The van der Waals surface area contributed by atoms with Crippen LogP contribution >= 0.6 is 0 Å². The van der Waals surface area contributed by atoms with Gasteiger partial charge in [-0.3, -0.25) is 9.71 Å². The average Bonchev–Trinajstić information content (AvgIpc) is 2.48. The van der Waals surface area contributed by atoms with Crippen LogP contribution in [0.15, 0.2) is 18.3 Å². The van der Waals surface area contributed by atoms with Gasteiger partial charge in [0.05, 0.1) is 11.4 Å². The molecular formula is C14H24N4O2S. The molecule has 0 unspecified atom stereocenters. The highest BCUT2D eigenvalue weighted by atomic mass is 32.2. The lowest BCUT2D eigenvalue weighted by atomic mass is 9.98. The highest BCUT2D eigenvalue weighted by Gasteiger charge is 2.28. The maximum absolute atomic E-state index is 12.4. The van der Waals surface area contributed by atoms with Crippen molar-refractivity contribution >= 4 is 15.9 Å². The first kappa shape index (κ1) is 16.2. The first-order chi connectivity index (χ1) is 10.0. The second kappa shape index (κ2) is 7.20. The lowest BCUT2D eigenvalue weighted by Gasteiger charge is -2.31. The van der Waals surface area contributed by atoms with Gasteiger partial charge in [-0.25, -0.2) is 0 Å². The first-order valence-electron chi connectivity index (χ1n) is 7.43. The molecule has 0 atom stereocenters. The van der Waals surface area contributed by atoms with E-state index in [2.05, 4.69) is 21.9 Å². The molecule has 1 aromatic heterocycles. The van der Waals surface area contributed by atoms with E-state index in [1.807, 2.05) is 0 Å². The van der Waals surface area contributed by atoms with E-state index in [0.717, 1.165) is 25.9 Å². The fraction of sp³-hybridized carbons (Fsp3) is 0.643. The zero-order valence-electron chi connectivity index (χ0n) is 12.7. The summed E-state index contributed by atoms with van der Waals surface area (Å²) in [5.41, 5.74) is 1.23. The predicted octanol–water partition coefficient (Wildman–Crippen LogP) is 1.37. The molecule has 2 N–H and O–H groups in total. The van der Waals surface area contributed by atoms with E-state index < -0.39 is 10.2 Å². The van der Waals surface area contributed by atoms with Crippen LogP contribution in [0.3, 0.4) is 0 Å². The van der Waals surface area contributed by atoms with E-state index in [4.69, 9.17) is 0 Å². The summed E-state index contributed by atoms with van der Waals surface area (Å²) in [5, 5.41) is 3.33. The number of aryl methyl sites for hydroxylation is 1. The summed E-state index contributed by atoms with van der Waals surface area (Å²) in [6, 6.07) is 3.46. The SMILES string of the molecule is CCNCC1CCN(S(=O)(=O)Nc2cccnc2C)CC1. The summed E-state index contributed by atoms with van der Waals surface area (Å²) in [6.07, 6.45) is 3.46. The number of pyridine rings is 1. The van der Waals surface area contributed by atoms with E-state index in [-0.39, 0.29) is 0 Å². The summed E-state index contributed by atoms with van der Waals surface area (Å²) in [7, 11) is -3.48. The minimum atomic E-state index is -3.48. The molecule has 1 fully saturated rings. The number of anilines is 1. The van der Waals surface area contributed by atoms with E-state index in [0.29, 0.717) is 30.4 Å². The largest absolute Gasteiger partial charge is 0.317 e. The van der Waals surface area contributed by atoms with E-state index in [1.54, 1.807) is 25.3 Å².